The van der Waals surface area contributed by atoms with Crippen molar-refractivity contribution in [3.05, 3.63) is 65.4 Å². The number of unbranched alkanes of at least 4 members (excludes halogenated alkanes) is 3. The van der Waals surface area contributed by atoms with E-state index in [-0.39, 0.29) is 23.0 Å². The topological polar surface area (TPSA) is 77.3 Å². The van der Waals surface area contributed by atoms with Crippen molar-refractivity contribution in [2.24, 2.45) is 4.99 Å². The smallest absolute Gasteiger partial charge is 0.254 e. The van der Waals surface area contributed by atoms with Crippen LogP contribution in [0.15, 0.2) is 59.3 Å². The Kier molecular flexibility index (Phi) is 7.70. The number of carbonyl (C=O) groups is 1. The SMILES string of the molecule is CCCCCCN=C1O[C@@H](c2ccc(OC)c(OC)c2)C(=O)C(c2ccccc2)=C1O. The van der Waals surface area contributed by atoms with Gasteiger partial charge in [-0.05, 0) is 24.1 Å². The van der Waals surface area contributed by atoms with Crippen LogP contribution in [0.2, 0.25) is 0 Å². The van der Waals surface area contributed by atoms with Gasteiger partial charge in [0.25, 0.3) is 5.90 Å². The van der Waals surface area contributed by atoms with Gasteiger partial charge in [0.2, 0.25) is 5.78 Å². The molecule has 164 valence electrons. The van der Waals surface area contributed by atoms with Crippen LogP contribution in [-0.4, -0.2) is 37.6 Å². The van der Waals surface area contributed by atoms with Gasteiger partial charge in [0, 0.05) is 12.1 Å². The fraction of sp³-hybridized carbons (Fsp3) is 0.360. The summed E-state index contributed by atoms with van der Waals surface area (Å²) in [6.45, 7) is 2.67. The Balaban J connectivity index is 2.00. The molecule has 6 heteroatoms. The third-order valence-corrected chi connectivity index (χ3v) is 5.19. The third kappa shape index (κ3) is 5.08. The average molecular weight is 424 g/mol. The molecule has 1 atom stereocenters. The lowest BCUT2D eigenvalue weighted by molar-refractivity contribution is -0.121. The Labute approximate surface area is 183 Å². The zero-order valence-corrected chi connectivity index (χ0v) is 18.3. The summed E-state index contributed by atoms with van der Waals surface area (Å²) in [5, 5.41) is 10.9. The number of Topliss-reactive ketones (excluding diaryl/α,β-unsaturated/α-hetero) is 1. The van der Waals surface area contributed by atoms with Crippen LogP contribution in [0.5, 0.6) is 11.5 Å². The molecule has 0 aliphatic carbocycles. The summed E-state index contributed by atoms with van der Waals surface area (Å²) in [6, 6.07) is 14.3. The Morgan fingerprint density at radius 3 is 2.42 bits per heavy atom. The number of hydrogen-bond acceptors (Lipinski definition) is 6. The predicted molar refractivity (Wildman–Crippen MR) is 121 cm³/mol. The quantitative estimate of drug-likeness (QED) is 0.554. The molecule has 2 aromatic rings. The number of benzene rings is 2. The van der Waals surface area contributed by atoms with Gasteiger partial charge in [-0.15, -0.1) is 0 Å². The van der Waals surface area contributed by atoms with Crippen LogP contribution in [0.3, 0.4) is 0 Å². The maximum atomic E-state index is 13.4. The zero-order valence-electron chi connectivity index (χ0n) is 18.3. The first-order chi connectivity index (χ1) is 15.1. The Morgan fingerprint density at radius 1 is 1.00 bits per heavy atom. The molecule has 1 aliphatic heterocycles. The Morgan fingerprint density at radius 2 is 1.74 bits per heavy atom. The van der Waals surface area contributed by atoms with Crippen LogP contribution in [-0.2, 0) is 9.53 Å². The zero-order chi connectivity index (χ0) is 22.2. The van der Waals surface area contributed by atoms with Gasteiger partial charge in [0.05, 0.1) is 19.8 Å². The molecular formula is C25H29NO5. The lowest BCUT2D eigenvalue weighted by atomic mass is 9.91. The van der Waals surface area contributed by atoms with E-state index >= 15 is 0 Å². The second-order valence-electron chi connectivity index (χ2n) is 7.31. The average Bonchev–Trinajstić information content (AvgIpc) is 2.80. The number of ether oxygens (including phenoxy) is 3. The summed E-state index contributed by atoms with van der Waals surface area (Å²) >= 11 is 0. The van der Waals surface area contributed by atoms with Gasteiger partial charge < -0.3 is 19.3 Å². The van der Waals surface area contributed by atoms with E-state index in [4.69, 9.17) is 14.2 Å². The van der Waals surface area contributed by atoms with E-state index in [1.54, 1.807) is 37.4 Å². The predicted octanol–water partition coefficient (Wildman–Crippen LogP) is 5.29. The van der Waals surface area contributed by atoms with Crippen molar-refractivity contribution in [3.8, 4) is 11.5 Å². The Hall–Kier alpha value is -3.28. The number of hydrogen-bond donors (Lipinski definition) is 1. The standard InChI is InChI=1S/C25H29NO5/c1-4-5-6-10-15-26-25-23(28)21(17-11-8-7-9-12-17)22(27)24(31-25)18-13-14-19(29-2)20(16-18)30-3/h7-9,11-14,16,24,28H,4-6,10,15H2,1-3H3/t24-/m0/s1. The molecule has 1 N–H and O–H groups in total. The summed E-state index contributed by atoms with van der Waals surface area (Å²) in [5.41, 5.74) is 1.43. The van der Waals surface area contributed by atoms with Crippen molar-refractivity contribution >= 4 is 17.3 Å². The lowest BCUT2D eigenvalue weighted by Crippen LogP contribution is -2.29. The molecule has 3 rings (SSSR count). The minimum absolute atomic E-state index is 0.0923. The first-order valence-corrected chi connectivity index (χ1v) is 10.6. The number of rotatable bonds is 9. The van der Waals surface area contributed by atoms with Crippen molar-refractivity contribution in [1.29, 1.82) is 0 Å². The molecule has 0 radical (unpaired) electrons. The van der Waals surface area contributed by atoms with Gasteiger partial charge in [-0.3, -0.25) is 4.79 Å². The molecule has 31 heavy (non-hydrogen) atoms. The molecule has 6 nitrogen and oxygen atoms in total. The molecule has 0 amide bonds. The maximum Gasteiger partial charge on any atom is 0.254 e. The van der Waals surface area contributed by atoms with Crippen molar-refractivity contribution in [3.63, 3.8) is 0 Å². The van der Waals surface area contributed by atoms with E-state index in [0.29, 0.717) is 29.2 Å². The maximum absolute atomic E-state index is 13.4. The fourth-order valence-corrected chi connectivity index (χ4v) is 3.53. The highest BCUT2D eigenvalue weighted by molar-refractivity contribution is 6.30. The summed E-state index contributed by atoms with van der Waals surface area (Å²) < 4.78 is 16.6. The van der Waals surface area contributed by atoms with Crippen molar-refractivity contribution < 1.29 is 24.1 Å². The second kappa shape index (κ2) is 10.7. The van der Waals surface area contributed by atoms with Gasteiger partial charge in [-0.25, -0.2) is 4.99 Å². The number of nitrogens with zero attached hydrogens (tertiary/aromatic N) is 1. The molecule has 0 aromatic heterocycles. The molecule has 0 saturated heterocycles. The first kappa shape index (κ1) is 22.4. The van der Waals surface area contributed by atoms with Crippen LogP contribution in [0.4, 0.5) is 0 Å². The Bertz CT molecular complexity index is 965. The van der Waals surface area contributed by atoms with Gasteiger partial charge >= 0.3 is 0 Å². The van der Waals surface area contributed by atoms with E-state index in [1.165, 1.54) is 7.11 Å². The van der Waals surface area contributed by atoms with Crippen molar-refractivity contribution in [1.82, 2.24) is 0 Å². The molecule has 0 bridgehead atoms. The highest BCUT2D eigenvalue weighted by atomic mass is 16.5. The normalized spacial score (nSPS) is 17.6. The first-order valence-electron chi connectivity index (χ1n) is 10.6. The van der Waals surface area contributed by atoms with Gasteiger partial charge in [-0.1, -0.05) is 62.6 Å². The number of aliphatic imine (C=N–C) groups is 1. The summed E-state index contributed by atoms with van der Waals surface area (Å²) in [6.07, 6.45) is 3.27. The lowest BCUT2D eigenvalue weighted by Gasteiger charge is -2.27. The number of methoxy groups -OCH3 is 2. The summed E-state index contributed by atoms with van der Waals surface area (Å²) in [4.78, 5) is 17.9. The van der Waals surface area contributed by atoms with Crippen LogP contribution in [0.25, 0.3) is 5.57 Å². The molecule has 0 spiro atoms. The van der Waals surface area contributed by atoms with Crippen molar-refractivity contribution in [2.75, 3.05) is 20.8 Å². The largest absolute Gasteiger partial charge is 0.503 e. The number of carbonyl (C=O) groups excluding carboxylic acids is 1. The van der Waals surface area contributed by atoms with Crippen LogP contribution in [0, 0.1) is 0 Å². The van der Waals surface area contributed by atoms with Gasteiger partial charge in [0.15, 0.2) is 23.4 Å². The molecule has 0 unspecified atom stereocenters. The molecule has 1 aliphatic rings. The van der Waals surface area contributed by atoms with E-state index in [2.05, 4.69) is 11.9 Å². The highest BCUT2D eigenvalue weighted by Crippen LogP contribution is 2.37. The summed E-state index contributed by atoms with van der Waals surface area (Å²) in [7, 11) is 3.09. The van der Waals surface area contributed by atoms with Crippen LogP contribution >= 0.6 is 0 Å². The molecule has 1 heterocycles. The van der Waals surface area contributed by atoms with Crippen LogP contribution in [0.1, 0.15) is 49.8 Å². The number of aliphatic hydroxyl groups is 1. The van der Waals surface area contributed by atoms with E-state index in [0.717, 1.165) is 25.7 Å². The van der Waals surface area contributed by atoms with Gasteiger partial charge in [0.1, 0.15) is 0 Å². The monoisotopic (exact) mass is 423 g/mol. The van der Waals surface area contributed by atoms with Crippen LogP contribution < -0.4 is 9.47 Å². The summed E-state index contributed by atoms with van der Waals surface area (Å²) in [5.74, 6) is 0.592. The van der Waals surface area contributed by atoms with Crippen molar-refractivity contribution in [2.45, 2.75) is 38.7 Å². The van der Waals surface area contributed by atoms with E-state index in [1.807, 2.05) is 18.2 Å². The molecule has 2 aromatic carbocycles. The molecular weight excluding hydrogens is 394 g/mol. The second-order valence-corrected chi connectivity index (χ2v) is 7.31. The number of aliphatic hydroxyl groups excluding tert-OH is 1. The highest BCUT2D eigenvalue weighted by Gasteiger charge is 2.37. The molecule has 0 saturated carbocycles. The van der Waals surface area contributed by atoms with Gasteiger partial charge in [-0.2, -0.15) is 0 Å². The van der Waals surface area contributed by atoms with E-state index < -0.39 is 6.10 Å². The third-order valence-electron chi connectivity index (χ3n) is 5.19. The molecule has 0 fully saturated rings. The number of ketones is 1. The minimum Gasteiger partial charge on any atom is -0.503 e. The fourth-order valence-electron chi connectivity index (χ4n) is 3.53. The van der Waals surface area contributed by atoms with E-state index in [9.17, 15) is 9.90 Å². The minimum atomic E-state index is -0.944.